The van der Waals surface area contributed by atoms with Crippen LogP contribution in [0.3, 0.4) is 0 Å². The number of hydrogen-bond donors (Lipinski definition) is 3. The number of halogens is 2. The molecule has 0 fully saturated rings. The van der Waals surface area contributed by atoms with Crippen molar-refractivity contribution in [2.24, 2.45) is 10.2 Å². The van der Waals surface area contributed by atoms with Crippen LogP contribution in [0.4, 0.5) is 37.3 Å². The van der Waals surface area contributed by atoms with Gasteiger partial charge in [0.1, 0.15) is 49.0 Å². The van der Waals surface area contributed by atoms with Crippen molar-refractivity contribution >= 4 is 60.7 Å². The molecule has 0 unspecified atom stereocenters. The number of carbonyl (C=O) groups is 2. The summed E-state index contributed by atoms with van der Waals surface area (Å²) in [7, 11) is -10.4. The summed E-state index contributed by atoms with van der Waals surface area (Å²) >= 11 is 0. The van der Waals surface area contributed by atoms with Gasteiger partial charge in [-0.05, 0) is 61.9 Å². The average Bonchev–Trinajstić information content (AvgIpc) is 3.46. The number of aromatic nitrogens is 2. The van der Waals surface area contributed by atoms with Crippen molar-refractivity contribution in [2.75, 3.05) is 35.4 Å². The summed E-state index contributed by atoms with van der Waals surface area (Å²) < 4.78 is 107. The van der Waals surface area contributed by atoms with Crippen LogP contribution < -0.4 is 79.4 Å². The molecule has 4 rings (SSSR count). The van der Waals surface area contributed by atoms with Gasteiger partial charge >= 0.3 is 65.1 Å². The minimum atomic E-state index is -5.21. The normalized spacial score (nSPS) is 11.6. The second kappa shape index (κ2) is 21.0. The number of anilines is 3. The summed E-state index contributed by atoms with van der Waals surface area (Å²) in [6, 6.07) is 10.1. The Labute approximate surface area is 383 Å². The fourth-order valence-corrected chi connectivity index (χ4v) is 6.50. The number of amides is 1. The summed E-state index contributed by atoms with van der Waals surface area (Å²) in [6.45, 7) is 8.52. The van der Waals surface area contributed by atoms with Gasteiger partial charge in [0.15, 0.2) is 24.2 Å². The van der Waals surface area contributed by atoms with Crippen LogP contribution in [0.25, 0.3) is 5.69 Å². The average molecular weight is 877 g/mol. The number of hydrogen-bond acceptors (Lipinski definition) is 15. The summed E-state index contributed by atoms with van der Waals surface area (Å²) in [5.41, 5.74) is -0.953. The van der Waals surface area contributed by atoms with Gasteiger partial charge in [-0.1, -0.05) is 20.8 Å². The number of ether oxygens (including phenoxy) is 1. The molecule has 0 atom stereocenters. The summed E-state index contributed by atoms with van der Waals surface area (Å²) in [5.74, 6) is -4.72. The van der Waals surface area contributed by atoms with Gasteiger partial charge in [-0.15, -0.1) is 10.2 Å². The molecule has 0 spiro atoms. The zero-order valence-electron chi connectivity index (χ0n) is 33.0. The number of carboxylic acid groups (broad SMARTS) is 1. The van der Waals surface area contributed by atoms with Gasteiger partial charge in [-0.2, -0.15) is 10.4 Å². The summed E-state index contributed by atoms with van der Waals surface area (Å²) in [6.07, 6.45) is 0.317. The van der Waals surface area contributed by atoms with Crippen LogP contribution in [0.1, 0.15) is 58.7 Å². The molecule has 1 amide bonds. The van der Waals surface area contributed by atoms with Gasteiger partial charge in [0.05, 0.1) is 21.2 Å². The molecular formula is C35H36F2N8Na2O10S2. The van der Waals surface area contributed by atoms with E-state index in [9.17, 15) is 40.8 Å². The molecule has 0 radical (unpaired) electrons. The molecule has 0 bridgehead atoms. The van der Waals surface area contributed by atoms with E-state index in [4.69, 9.17) is 9.84 Å². The van der Waals surface area contributed by atoms with Crippen molar-refractivity contribution in [3.63, 3.8) is 0 Å². The second-order valence-electron chi connectivity index (χ2n) is 13.3. The number of azo groups is 1. The van der Waals surface area contributed by atoms with E-state index in [0.717, 1.165) is 16.8 Å². The van der Waals surface area contributed by atoms with Gasteiger partial charge in [0, 0.05) is 43.2 Å². The topological polar surface area (TPSA) is 272 Å². The van der Waals surface area contributed by atoms with Gasteiger partial charge in [0.2, 0.25) is 5.91 Å². The van der Waals surface area contributed by atoms with Crippen LogP contribution in [0.5, 0.6) is 5.75 Å². The molecule has 3 N–H and O–H groups in total. The van der Waals surface area contributed by atoms with Crippen molar-refractivity contribution in [1.29, 1.82) is 5.26 Å². The van der Waals surface area contributed by atoms with Crippen LogP contribution in [0, 0.1) is 23.0 Å². The first-order valence-corrected chi connectivity index (χ1v) is 19.6. The third kappa shape index (κ3) is 13.5. The number of aliphatic carboxylic acids is 1. The molecule has 18 nitrogen and oxygen atoms in total. The fraction of sp³-hybridized carbons (Fsp3) is 0.314. The zero-order chi connectivity index (χ0) is 42.5. The Kier molecular flexibility index (Phi) is 18.2. The third-order valence-electron chi connectivity index (χ3n) is 7.97. The number of rotatable bonds is 16. The first-order valence-electron chi connectivity index (χ1n) is 16.8. The third-order valence-corrected chi connectivity index (χ3v) is 9.59. The first-order chi connectivity index (χ1) is 26.5. The van der Waals surface area contributed by atoms with E-state index < -0.39 is 77.1 Å². The van der Waals surface area contributed by atoms with Crippen molar-refractivity contribution in [1.82, 2.24) is 9.78 Å². The molecular weight excluding hydrogens is 841 g/mol. The predicted octanol–water partition coefficient (Wildman–Crippen LogP) is -0.351. The smallest absolute Gasteiger partial charge is 0.744 e. The van der Waals surface area contributed by atoms with Crippen molar-refractivity contribution in [2.45, 2.75) is 62.7 Å². The molecule has 0 aliphatic heterocycles. The van der Waals surface area contributed by atoms with E-state index in [0.29, 0.717) is 43.4 Å². The van der Waals surface area contributed by atoms with E-state index in [1.165, 1.54) is 13.0 Å². The van der Waals surface area contributed by atoms with Crippen LogP contribution in [-0.4, -0.2) is 72.5 Å². The monoisotopic (exact) mass is 876 g/mol. The largest absolute Gasteiger partial charge is 1.00 e. The second-order valence-corrected chi connectivity index (χ2v) is 16.0. The molecule has 1 aromatic heterocycles. The first kappa shape index (κ1) is 51.1. The molecule has 24 heteroatoms. The SMILES string of the molecule is CCN(CCCC(=O)O)c1ccc(N=Nc2c(C#N)c(C(C)(C)C)nn2-c2c(F)cc(NCOc3cc(S(=O)(=O)[O-])cc(S(=O)(=O)[O-])c3)cc2F)c(NC(C)=O)c1.[Na+].[Na+]. The van der Waals surface area contributed by atoms with Crippen molar-refractivity contribution in [3.05, 3.63) is 71.4 Å². The van der Waals surface area contributed by atoms with Gasteiger partial charge in [0.25, 0.3) is 0 Å². The molecule has 1 heterocycles. The summed E-state index contributed by atoms with van der Waals surface area (Å²) in [4.78, 5) is 22.9. The predicted molar refractivity (Wildman–Crippen MR) is 198 cm³/mol. The van der Waals surface area contributed by atoms with Crippen molar-refractivity contribution < 1.29 is 113 Å². The van der Waals surface area contributed by atoms with Gasteiger partial charge in [-0.25, -0.2) is 30.3 Å². The van der Waals surface area contributed by atoms with E-state index in [2.05, 4.69) is 26.0 Å². The van der Waals surface area contributed by atoms with E-state index >= 15 is 8.78 Å². The van der Waals surface area contributed by atoms with Crippen molar-refractivity contribution in [3.8, 4) is 17.5 Å². The number of nitriles is 1. The molecule has 304 valence electrons. The maximum atomic E-state index is 15.9. The molecule has 0 saturated carbocycles. The van der Waals surface area contributed by atoms with E-state index in [1.54, 1.807) is 32.9 Å². The Balaban J connectivity index is 0.00000600. The minimum absolute atomic E-state index is 0. The Hall–Kier alpha value is -4.02. The number of benzene rings is 3. The van der Waals surface area contributed by atoms with E-state index in [-0.39, 0.29) is 99.7 Å². The number of nitrogens with zero attached hydrogens (tertiary/aromatic N) is 6. The minimum Gasteiger partial charge on any atom is -0.744 e. The van der Waals surface area contributed by atoms with Gasteiger partial charge < -0.3 is 34.5 Å². The number of carbonyl (C=O) groups excluding carboxylic acids is 1. The number of carboxylic acids is 1. The summed E-state index contributed by atoms with van der Waals surface area (Å²) in [5, 5.41) is 37.2. The maximum absolute atomic E-state index is 15.9. The number of nitrogens with one attached hydrogen (secondary N) is 2. The molecule has 59 heavy (non-hydrogen) atoms. The maximum Gasteiger partial charge on any atom is 1.00 e. The molecule has 0 aliphatic rings. The Bertz CT molecular complexity index is 2440. The van der Waals surface area contributed by atoms with Crippen LogP contribution >= 0.6 is 0 Å². The molecule has 4 aromatic rings. The Morgan fingerprint density at radius 2 is 1.59 bits per heavy atom. The van der Waals surface area contributed by atoms with Crippen LogP contribution in [0.2, 0.25) is 0 Å². The molecule has 0 aliphatic carbocycles. The van der Waals surface area contributed by atoms with Crippen LogP contribution in [0.15, 0.2) is 68.6 Å². The zero-order valence-corrected chi connectivity index (χ0v) is 38.7. The molecule has 3 aromatic carbocycles. The quantitative estimate of drug-likeness (QED) is 0.0562. The fourth-order valence-electron chi connectivity index (χ4n) is 5.37. The Morgan fingerprint density at radius 1 is 1.00 bits per heavy atom. The van der Waals surface area contributed by atoms with Gasteiger partial charge in [-0.3, -0.25) is 9.59 Å². The molecule has 0 saturated heterocycles. The Morgan fingerprint density at radius 3 is 2.08 bits per heavy atom. The van der Waals surface area contributed by atoms with E-state index in [1.807, 2.05) is 17.9 Å². The standard InChI is InChI=1S/C35H38F2N8O10S2.2Na/c1-6-44(11-7-8-31(47)48)22-9-10-29(30(14-22)40-20(2)46)41-42-34-26(18-38)33(35(3,4)5)43-45(34)32-27(36)12-21(13-28(32)37)39-19-55-23-15-24(56(49,50)51)17-25(16-23)57(52,53)54;;/h9-10,12-17,39H,6-8,11,19H2,1-5H3,(H,40,46)(H,47,48)(H,49,50,51)(H,52,53,54);;/q;2*+1/p-2. The van der Waals surface area contributed by atoms with Crippen LogP contribution in [-0.2, 0) is 35.2 Å².